The first-order valence-corrected chi connectivity index (χ1v) is 9.92. The average molecular weight is 403 g/mol. The van der Waals surface area contributed by atoms with Crippen molar-refractivity contribution < 1.29 is 9.21 Å². The van der Waals surface area contributed by atoms with Gasteiger partial charge in [0.05, 0.1) is 0 Å². The van der Waals surface area contributed by atoms with Gasteiger partial charge in [-0.3, -0.25) is 4.79 Å². The Morgan fingerprint density at radius 3 is 2.72 bits per heavy atom. The van der Waals surface area contributed by atoms with Crippen LogP contribution >= 0.6 is 11.3 Å². The number of benzene rings is 2. The molecule has 3 heterocycles. The van der Waals surface area contributed by atoms with Crippen LogP contribution in [-0.2, 0) is 0 Å². The normalized spacial score (nSPS) is 11.4. The fourth-order valence-electron chi connectivity index (χ4n) is 3.35. The molecule has 0 radical (unpaired) electrons. The largest absolute Gasteiger partial charge is 0.450 e. The number of nitrogens with one attached hydrogen (secondary N) is 1. The van der Waals surface area contributed by atoms with Gasteiger partial charge in [0.25, 0.3) is 5.91 Å². The molecule has 5 aromatic rings. The van der Waals surface area contributed by atoms with Crippen LogP contribution in [0.15, 0.2) is 46.9 Å². The minimum Gasteiger partial charge on any atom is -0.450 e. The summed E-state index contributed by atoms with van der Waals surface area (Å²) in [5, 5.41) is 17.4. The number of amides is 1. The van der Waals surface area contributed by atoms with E-state index in [0.29, 0.717) is 11.4 Å². The van der Waals surface area contributed by atoms with Gasteiger partial charge in [0.2, 0.25) is 4.96 Å². The molecule has 7 nitrogen and oxygen atoms in total. The number of aryl methyl sites for hydroxylation is 3. The van der Waals surface area contributed by atoms with Gasteiger partial charge in [0.1, 0.15) is 10.6 Å². The molecule has 0 spiro atoms. The van der Waals surface area contributed by atoms with E-state index in [9.17, 15) is 4.79 Å². The molecule has 0 aliphatic carbocycles. The van der Waals surface area contributed by atoms with Crippen LogP contribution in [-0.4, -0.2) is 25.7 Å². The number of carbonyl (C=O) groups excluding carboxylic acids is 1. The van der Waals surface area contributed by atoms with Gasteiger partial charge in [-0.2, -0.15) is 9.61 Å². The number of furan rings is 1. The number of anilines is 1. The molecule has 0 aliphatic rings. The van der Waals surface area contributed by atoms with E-state index in [1.165, 1.54) is 11.3 Å². The van der Waals surface area contributed by atoms with Gasteiger partial charge in [-0.15, -0.1) is 10.2 Å². The maximum atomic E-state index is 12.9. The number of fused-ring (bicyclic) bond motifs is 2. The molecule has 1 amide bonds. The summed E-state index contributed by atoms with van der Waals surface area (Å²) in [5.41, 5.74) is 4.16. The first kappa shape index (κ1) is 17.6. The van der Waals surface area contributed by atoms with Crippen LogP contribution in [0.5, 0.6) is 0 Å². The van der Waals surface area contributed by atoms with Crippen molar-refractivity contribution in [1.29, 1.82) is 0 Å². The van der Waals surface area contributed by atoms with E-state index in [2.05, 4.69) is 20.6 Å². The quantitative estimate of drug-likeness (QED) is 0.469. The molecular weight excluding hydrogens is 386 g/mol. The number of carbonyl (C=O) groups is 1. The summed E-state index contributed by atoms with van der Waals surface area (Å²) in [6.07, 6.45) is 0. The van der Waals surface area contributed by atoms with Gasteiger partial charge in [-0.05, 0) is 38.5 Å². The Kier molecular flexibility index (Phi) is 3.95. The highest BCUT2D eigenvalue weighted by Gasteiger charge is 2.19. The zero-order chi connectivity index (χ0) is 20.1. The number of para-hydroxylation sites is 1. The minimum atomic E-state index is -0.274. The molecule has 144 valence electrons. The highest BCUT2D eigenvalue weighted by atomic mass is 32.1. The van der Waals surface area contributed by atoms with Crippen LogP contribution in [0.2, 0.25) is 0 Å². The lowest BCUT2D eigenvalue weighted by Gasteiger charge is -2.05. The van der Waals surface area contributed by atoms with Crippen molar-refractivity contribution in [2.75, 3.05) is 5.32 Å². The molecule has 0 saturated heterocycles. The third-order valence-corrected chi connectivity index (χ3v) is 5.83. The number of rotatable bonds is 3. The molecule has 0 unspecified atom stereocenters. The Morgan fingerprint density at radius 2 is 1.93 bits per heavy atom. The summed E-state index contributed by atoms with van der Waals surface area (Å²) >= 11 is 1.45. The van der Waals surface area contributed by atoms with E-state index in [-0.39, 0.29) is 5.91 Å². The number of hydrogen-bond donors (Lipinski definition) is 1. The Hall–Kier alpha value is -3.52. The minimum absolute atomic E-state index is 0.274. The topological polar surface area (TPSA) is 85.3 Å². The van der Waals surface area contributed by atoms with E-state index in [1.807, 2.05) is 63.2 Å². The predicted octanol–water partition coefficient (Wildman–Crippen LogP) is 4.78. The zero-order valence-corrected chi connectivity index (χ0v) is 16.9. The van der Waals surface area contributed by atoms with Crippen molar-refractivity contribution in [3.8, 4) is 10.6 Å². The molecule has 8 heteroatoms. The van der Waals surface area contributed by atoms with E-state index >= 15 is 0 Å². The molecule has 0 aliphatic heterocycles. The molecule has 2 aromatic carbocycles. The van der Waals surface area contributed by atoms with Crippen LogP contribution < -0.4 is 5.32 Å². The van der Waals surface area contributed by atoms with E-state index in [4.69, 9.17) is 4.42 Å². The Morgan fingerprint density at radius 1 is 1.10 bits per heavy atom. The standard InChI is InChI=1S/C21H17N5O2S/c1-11-6-4-9-16-12(2)18(28-17(11)16)19(27)22-15-8-5-7-14(10-15)20-25-26-13(3)23-24-21(26)29-20/h4-10H,1-3H3,(H,22,27). The summed E-state index contributed by atoms with van der Waals surface area (Å²) < 4.78 is 7.59. The molecule has 29 heavy (non-hydrogen) atoms. The van der Waals surface area contributed by atoms with Gasteiger partial charge in [0, 0.05) is 22.2 Å². The highest BCUT2D eigenvalue weighted by molar-refractivity contribution is 7.19. The summed E-state index contributed by atoms with van der Waals surface area (Å²) in [6, 6.07) is 13.5. The Bertz CT molecular complexity index is 1400. The molecule has 0 fully saturated rings. The third kappa shape index (κ3) is 2.89. The van der Waals surface area contributed by atoms with Crippen molar-refractivity contribution in [3.05, 3.63) is 65.2 Å². The second-order valence-electron chi connectivity index (χ2n) is 6.89. The van der Waals surface area contributed by atoms with Gasteiger partial charge in [0.15, 0.2) is 11.6 Å². The second-order valence-corrected chi connectivity index (χ2v) is 7.85. The van der Waals surface area contributed by atoms with Gasteiger partial charge >= 0.3 is 0 Å². The maximum Gasteiger partial charge on any atom is 0.291 e. The number of aromatic nitrogens is 4. The summed E-state index contributed by atoms with van der Waals surface area (Å²) in [6.45, 7) is 5.73. The summed E-state index contributed by atoms with van der Waals surface area (Å²) in [7, 11) is 0. The number of nitrogens with zero attached hydrogens (tertiary/aromatic N) is 4. The monoisotopic (exact) mass is 403 g/mol. The van der Waals surface area contributed by atoms with Crippen molar-refractivity contribution in [2.24, 2.45) is 0 Å². The van der Waals surface area contributed by atoms with Crippen molar-refractivity contribution in [2.45, 2.75) is 20.8 Å². The van der Waals surface area contributed by atoms with Crippen LogP contribution in [0.3, 0.4) is 0 Å². The van der Waals surface area contributed by atoms with Crippen LogP contribution in [0, 0.1) is 20.8 Å². The van der Waals surface area contributed by atoms with Crippen LogP contribution in [0.4, 0.5) is 5.69 Å². The third-order valence-electron chi connectivity index (χ3n) is 4.88. The first-order valence-electron chi connectivity index (χ1n) is 9.10. The number of hydrogen-bond acceptors (Lipinski definition) is 6. The Balaban J connectivity index is 1.46. The summed E-state index contributed by atoms with van der Waals surface area (Å²) in [5.74, 6) is 0.793. The maximum absolute atomic E-state index is 12.9. The molecule has 1 N–H and O–H groups in total. The van der Waals surface area contributed by atoms with Crippen molar-refractivity contribution in [1.82, 2.24) is 19.8 Å². The van der Waals surface area contributed by atoms with Gasteiger partial charge < -0.3 is 9.73 Å². The highest BCUT2D eigenvalue weighted by Crippen LogP contribution is 2.30. The van der Waals surface area contributed by atoms with E-state index in [1.54, 1.807) is 4.52 Å². The lowest BCUT2D eigenvalue weighted by Crippen LogP contribution is -2.12. The summed E-state index contributed by atoms with van der Waals surface area (Å²) in [4.78, 5) is 13.6. The fourth-order valence-corrected chi connectivity index (χ4v) is 4.23. The molecule has 3 aromatic heterocycles. The van der Waals surface area contributed by atoms with Crippen molar-refractivity contribution in [3.63, 3.8) is 0 Å². The fraction of sp³-hybridized carbons (Fsp3) is 0.143. The van der Waals surface area contributed by atoms with E-state index in [0.717, 1.165) is 43.5 Å². The molecule has 0 saturated carbocycles. The average Bonchev–Trinajstić information content (AvgIpc) is 3.38. The lowest BCUT2D eigenvalue weighted by atomic mass is 10.1. The molecular formula is C21H17N5O2S. The van der Waals surface area contributed by atoms with Crippen molar-refractivity contribution >= 4 is 38.9 Å². The predicted molar refractivity (Wildman–Crippen MR) is 112 cm³/mol. The molecule has 0 atom stereocenters. The lowest BCUT2D eigenvalue weighted by molar-refractivity contribution is 0.0998. The van der Waals surface area contributed by atoms with Crippen LogP contribution in [0.25, 0.3) is 26.5 Å². The van der Waals surface area contributed by atoms with Gasteiger partial charge in [-0.25, -0.2) is 0 Å². The first-order chi connectivity index (χ1) is 14.0. The second kappa shape index (κ2) is 6.52. The SMILES string of the molecule is Cc1c(C(=O)Nc2cccc(-c3nn4c(C)nnc4s3)c2)oc2c(C)cccc12. The molecule has 0 bridgehead atoms. The molecule has 5 rings (SSSR count). The van der Waals surface area contributed by atoms with E-state index < -0.39 is 0 Å². The smallest absolute Gasteiger partial charge is 0.291 e. The Labute approximate surface area is 170 Å². The van der Waals surface area contributed by atoms with Gasteiger partial charge in [-0.1, -0.05) is 41.7 Å². The zero-order valence-electron chi connectivity index (χ0n) is 16.1. The van der Waals surface area contributed by atoms with Crippen LogP contribution in [0.1, 0.15) is 27.5 Å².